The predicted molar refractivity (Wildman–Crippen MR) is 64.7 cm³/mol. The van der Waals surface area contributed by atoms with Crippen LogP contribution in [0, 0.1) is 0 Å². The predicted octanol–water partition coefficient (Wildman–Crippen LogP) is 3.68. The molecule has 0 saturated heterocycles. The zero-order valence-corrected chi connectivity index (χ0v) is 10.9. The maximum absolute atomic E-state index is 3.74. The summed E-state index contributed by atoms with van der Waals surface area (Å²) in [7, 11) is 0. The van der Waals surface area contributed by atoms with Gasteiger partial charge in [0.15, 0.2) is 0 Å². The second-order valence-electron chi connectivity index (χ2n) is 4.72. The van der Waals surface area contributed by atoms with E-state index in [0.717, 1.165) is 6.04 Å². The molecular weight excluding hydrogens is 226 g/mol. The summed E-state index contributed by atoms with van der Waals surface area (Å²) in [6.07, 6.45) is 8.32. The molecule has 0 bridgehead atoms. The molecule has 0 spiro atoms. The minimum absolute atomic E-state index is 0. The number of hydrogen-bond donors (Lipinski definition) is 1. The molecule has 0 heterocycles. The van der Waals surface area contributed by atoms with E-state index in [0.29, 0.717) is 5.54 Å². The first-order valence-corrected chi connectivity index (χ1v) is 5.42. The Morgan fingerprint density at radius 1 is 1.15 bits per heavy atom. The molecular formula is C11H24BrN. The highest BCUT2D eigenvalue weighted by molar-refractivity contribution is 8.93. The van der Waals surface area contributed by atoms with E-state index in [1.807, 2.05) is 0 Å². The lowest BCUT2D eigenvalue weighted by molar-refractivity contribution is 0.274. The van der Waals surface area contributed by atoms with Crippen molar-refractivity contribution in [3.05, 3.63) is 0 Å². The van der Waals surface area contributed by atoms with E-state index in [9.17, 15) is 0 Å². The van der Waals surface area contributed by atoms with E-state index >= 15 is 0 Å². The third-order valence-electron chi connectivity index (χ3n) is 3.08. The molecule has 0 amide bonds. The first-order valence-electron chi connectivity index (χ1n) is 5.42. The fourth-order valence-corrected chi connectivity index (χ4v) is 1.90. The molecule has 1 fully saturated rings. The smallest absolute Gasteiger partial charge is 0.0125 e. The van der Waals surface area contributed by atoms with Crippen LogP contribution in [0.15, 0.2) is 0 Å². The Kier molecular flexibility index (Phi) is 6.23. The average Bonchev–Trinajstić information content (AvgIpc) is 2.06. The van der Waals surface area contributed by atoms with E-state index < -0.39 is 0 Å². The van der Waals surface area contributed by atoms with Crippen molar-refractivity contribution < 1.29 is 0 Å². The van der Waals surface area contributed by atoms with Gasteiger partial charge in [0.2, 0.25) is 0 Å². The normalized spacial score (nSPS) is 19.6. The van der Waals surface area contributed by atoms with E-state index in [4.69, 9.17) is 0 Å². The number of nitrogens with one attached hydrogen (secondary N) is 1. The van der Waals surface area contributed by atoms with Crippen LogP contribution in [0.5, 0.6) is 0 Å². The third kappa shape index (κ3) is 5.02. The van der Waals surface area contributed by atoms with E-state index in [2.05, 4.69) is 26.1 Å². The van der Waals surface area contributed by atoms with Crippen LogP contribution in [-0.2, 0) is 0 Å². The maximum atomic E-state index is 3.74. The van der Waals surface area contributed by atoms with Gasteiger partial charge in [-0.1, -0.05) is 26.2 Å². The highest BCUT2D eigenvalue weighted by Crippen LogP contribution is 2.20. The summed E-state index contributed by atoms with van der Waals surface area (Å²) in [5, 5.41) is 3.74. The van der Waals surface area contributed by atoms with E-state index in [1.165, 1.54) is 38.5 Å². The Balaban J connectivity index is 0.00000144. The zero-order valence-electron chi connectivity index (χ0n) is 9.23. The van der Waals surface area contributed by atoms with Crippen molar-refractivity contribution in [2.75, 3.05) is 0 Å². The number of hydrogen-bond acceptors (Lipinski definition) is 1. The van der Waals surface area contributed by atoms with Gasteiger partial charge in [-0.15, -0.1) is 17.0 Å². The summed E-state index contributed by atoms with van der Waals surface area (Å²) in [6, 6.07) is 0.800. The molecule has 1 N–H and O–H groups in total. The molecule has 1 saturated carbocycles. The molecule has 0 aliphatic heterocycles. The molecule has 2 heteroatoms. The fourth-order valence-electron chi connectivity index (χ4n) is 1.90. The van der Waals surface area contributed by atoms with Crippen LogP contribution in [0.4, 0.5) is 0 Å². The zero-order chi connectivity index (χ0) is 9.03. The van der Waals surface area contributed by atoms with Gasteiger partial charge >= 0.3 is 0 Å². The highest BCUT2D eigenvalue weighted by Gasteiger charge is 2.21. The molecule has 0 aromatic rings. The van der Waals surface area contributed by atoms with Gasteiger partial charge in [-0.05, 0) is 33.1 Å². The van der Waals surface area contributed by atoms with Crippen molar-refractivity contribution in [2.45, 2.75) is 70.9 Å². The molecule has 0 radical (unpaired) electrons. The van der Waals surface area contributed by atoms with Crippen molar-refractivity contribution in [1.82, 2.24) is 5.32 Å². The van der Waals surface area contributed by atoms with Crippen LogP contribution in [-0.4, -0.2) is 11.6 Å². The standard InChI is InChI=1S/C11H23N.BrH/c1-4-11(2,3)12-10-8-6-5-7-9-10;/h10,12H,4-9H2,1-3H3;1H. The van der Waals surface area contributed by atoms with Crippen LogP contribution in [0.1, 0.15) is 59.3 Å². The van der Waals surface area contributed by atoms with Crippen LogP contribution < -0.4 is 5.32 Å². The van der Waals surface area contributed by atoms with Crippen LogP contribution in [0.3, 0.4) is 0 Å². The van der Waals surface area contributed by atoms with Crippen LogP contribution >= 0.6 is 17.0 Å². The molecule has 0 unspecified atom stereocenters. The van der Waals surface area contributed by atoms with Gasteiger partial charge in [-0.25, -0.2) is 0 Å². The SMILES string of the molecule is Br.CCC(C)(C)NC1CCCCC1. The van der Waals surface area contributed by atoms with Crippen molar-refractivity contribution in [1.29, 1.82) is 0 Å². The largest absolute Gasteiger partial charge is 0.309 e. The number of rotatable bonds is 3. The van der Waals surface area contributed by atoms with Crippen molar-refractivity contribution >= 4 is 17.0 Å². The molecule has 1 aliphatic carbocycles. The summed E-state index contributed by atoms with van der Waals surface area (Å²) in [5.41, 5.74) is 0.349. The molecule has 0 aromatic heterocycles. The first-order chi connectivity index (χ1) is 5.64. The number of halogens is 1. The van der Waals surface area contributed by atoms with Crippen LogP contribution in [0.25, 0.3) is 0 Å². The average molecular weight is 250 g/mol. The lowest BCUT2D eigenvalue weighted by atomic mass is 9.92. The minimum atomic E-state index is 0. The molecule has 1 nitrogen and oxygen atoms in total. The van der Waals surface area contributed by atoms with Gasteiger partial charge in [0.1, 0.15) is 0 Å². The van der Waals surface area contributed by atoms with E-state index in [1.54, 1.807) is 0 Å². The van der Waals surface area contributed by atoms with Gasteiger partial charge in [0.05, 0.1) is 0 Å². The Hall–Kier alpha value is 0.440. The molecule has 0 aromatic carbocycles. The first kappa shape index (κ1) is 13.4. The van der Waals surface area contributed by atoms with Crippen molar-refractivity contribution in [3.8, 4) is 0 Å². The third-order valence-corrected chi connectivity index (χ3v) is 3.08. The summed E-state index contributed by atoms with van der Waals surface area (Å²) >= 11 is 0. The molecule has 1 rings (SSSR count). The minimum Gasteiger partial charge on any atom is -0.309 e. The Morgan fingerprint density at radius 2 is 1.69 bits per heavy atom. The van der Waals surface area contributed by atoms with Crippen molar-refractivity contribution in [3.63, 3.8) is 0 Å². The Morgan fingerprint density at radius 3 is 2.15 bits per heavy atom. The van der Waals surface area contributed by atoms with Crippen molar-refractivity contribution in [2.24, 2.45) is 0 Å². The molecule has 1 aliphatic rings. The second kappa shape index (κ2) is 6.02. The summed E-state index contributed by atoms with van der Waals surface area (Å²) < 4.78 is 0. The highest BCUT2D eigenvalue weighted by atomic mass is 79.9. The maximum Gasteiger partial charge on any atom is 0.0125 e. The molecule has 0 atom stereocenters. The fraction of sp³-hybridized carbons (Fsp3) is 1.00. The van der Waals surface area contributed by atoms with Gasteiger partial charge in [-0.2, -0.15) is 0 Å². The topological polar surface area (TPSA) is 12.0 Å². The molecule has 13 heavy (non-hydrogen) atoms. The Labute approximate surface area is 93.4 Å². The summed E-state index contributed by atoms with van der Waals surface area (Å²) in [5.74, 6) is 0. The molecule has 80 valence electrons. The van der Waals surface area contributed by atoms with Gasteiger partial charge in [0.25, 0.3) is 0 Å². The lowest BCUT2D eigenvalue weighted by Crippen LogP contribution is -2.46. The second-order valence-corrected chi connectivity index (χ2v) is 4.72. The van der Waals surface area contributed by atoms with E-state index in [-0.39, 0.29) is 17.0 Å². The monoisotopic (exact) mass is 249 g/mol. The van der Waals surface area contributed by atoms with Gasteiger partial charge in [0, 0.05) is 11.6 Å². The van der Waals surface area contributed by atoms with Gasteiger partial charge < -0.3 is 5.32 Å². The lowest BCUT2D eigenvalue weighted by Gasteiger charge is -2.33. The van der Waals surface area contributed by atoms with Crippen LogP contribution in [0.2, 0.25) is 0 Å². The Bertz CT molecular complexity index is 128. The quantitative estimate of drug-likeness (QED) is 0.805. The summed E-state index contributed by atoms with van der Waals surface area (Å²) in [4.78, 5) is 0. The summed E-state index contributed by atoms with van der Waals surface area (Å²) in [6.45, 7) is 6.87. The van der Waals surface area contributed by atoms with Gasteiger partial charge in [-0.3, -0.25) is 0 Å².